The summed E-state index contributed by atoms with van der Waals surface area (Å²) in [5.41, 5.74) is 0.346. The average Bonchev–Trinajstić information content (AvgIpc) is 2.68. The van der Waals surface area contributed by atoms with Gasteiger partial charge in [0.2, 0.25) is 5.91 Å². The van der Waals surface area contributed by atoms with Gasteiger partial charge in [0, 0.05) is 36.9 Å². The number of nitrogens with zero attached hydrogens (tertiary/aromatic N) is 1. The van der Waals surface area contributed by atoms with Crippen molar-refractivity contribution in [2.75, 3.05) is 19.3 Å². The lowest BCUT2D eigenvalue weighted by Gasteiger charge is -2.35. The van der Waals surface area contributed by atoms with Crippen LogP contribution in [0.25, 0.3) is 0 Å². The van der Waals surface area contributed by atoms with Crippen molar-refractivity contribution in [2.45, 2.75) is 55.9 Å². The standard InChI is InChI=1S/C20H28N2O4S/c1-27(25,26)18-9-5-8-16(14-18)19(23)21-17-10-12-22(13-11-17)20(24)15-6-3-2-4-7-15/h5,8-9,14-15,17H,2-4,6-7,10-13H2,1H3,(H,21,23). The average molecular weight is 393 g/mol. The highest BCUT2D eigenvalue weighted by Gasteiger charge is 2.29. The molecule has 1 saturated carbocycles. The van der Waals surface area contributed by atoms with Crippen molar-refractivity contribution in [3.05, 3.63) is 29.8 Å². The first-order valence-electron chi connectivity index (χ1n) is 9.74. The Labute approximate surface area is 161 Å². The number of hydrogen-bond acceptors (Lipinski definition) is 4. The summed E-state index contributed by atoms with van der Waals surface area (Å²) in [6.45, 7) is 1.34. The molecule has 148 valence electrons. The lowest BCUT2D eigenvalue weighted by atomic mass is 9.87. The van der Waals surface area contributed by atoms with E-state index in [9.17, 15) is 18.0 Å². The van der Waals surface area contributed by atoms with Gasteiger partial charge in [-0.15, -0.1) is 0 Å². The Hall–Kier alpha value is -1.89. The maximum Gasteiger partial charge on any atom is 0.251 e. The fraction of sp³-hybridized carbons (Fsp3) is 0.600. The molecule has 3 rings (SSSR count). The van der Waals surface area contributed by atoms with E-state index in [1.54, 1.807) is 12.1 Å². The van der Waals surface area contributed by atoms with Crippen LogP contribution in [-0.2, 0) is 14.6 Å². The Bertz CT molecular complexity index is 792. The van der Waals surface area contributed by atoms with Gasteiger partial charge in [0.05, 0.1) is 4.90 Å². The van der Waals surface area contributed by atoms with Crippen LogP contribution >= 0.6 is 0 Å². The van der Waals surface area contributed by atoms with E-state index in [0.717, 1.165) is 44.8 Å². The van der Waals surface area contributed by atoms with Crippen molar-refractivity contribution in [1.82, 2.24) is 10.2 Å². The molecule has 1 aliphatic carbocycles. The van der Waals surface area contributed by atoms with Gasteiger partial charge in [-0.3, -0.25) is 9.59 Å². The number of hydrogen-bond donors (Lipinski definition) is 1. The Morgan fingerprint density at radius 2 is 1.70 bits per heavy atom. The van der Waals surface area contributed by atoms with Gasteiger partial charge in [-0.25, -0.2) is 8.42 Å². The smallest absolute Gasteiger partial charge is 0.251 e. The van der Waals surface area contributed by atoms with Gasteiger partial charge >= 0.3 is 0 Å². The molecule has 0 bridgehead atoms. The predicted octanol–water partition coefficient (Wildman–Crippen LogP) is 2.39. The first-order chi connectivity index (χ1) is 12.8. The number of sulfone groups is 1. The van der Waals surface area contributed by atoms with E-state index in [0.29, 0.717) is 18.7 Å². The molecule has 0 unspecified atom stereocenters. The molecule has 0 radical (unpaired) electrons. The number of piperidine rings is 1. The van der Waals surface area contributed by atoms with Crippen LogP contribution in [-0.4, -0.2) is 50.5 Å². The molecule has 1 aromatic rings. The number of rotatable bonds is 4. The van der Waals surface area contributed by atoms with E-state index >= 15 is 0 Å². The molecule has 1 heterocycles. The minimum Gasteiger partial charge on any atom is -0.349 e. The largest absolute Gasteiger partial charge is 0.349 e. The monoisotopic (exact) mass is 392 g/mol. The van der Waals surface area contributed by atoms with Crippen molar-refractivity contribution >= 4 is 21.7 Å². The van der Waals surface area contributed by atoms with Crippen LogP contribution < -0.4 is 5.32 Å². The number of carbonyl (C=O) groups excluding carboxylic acids is 2. The Kier molecular flexibility index (Phi) is 6.19. The first-order valence-corrected chi connectivity index (χ1v) is 11.6. The van der Waals surface area contributed by atoms with Crippen molar-refractivity contribution in [1.29, 1.82) is 0 Å². The number of likely N-dealkylation sites (tertiary alicyclic amines) is 1. The molecule has 2 aliphatic rings. The molecular formula is C20H28N2O4S. The van der Waals surface area contributed by atoms with Gasteiger partial charge in [0.1, 0.15) is 0 Å². The maximum absolute atomic E-state index is 12.6. The molecule has 0 spiro atoms. The van der Waals surface area contributed by atoms with Gasteiger partial charge in [-0.2, -0.15) is 0 Å². The number of carbonyl (C=O) groups is 2. The van der Waals surface area contributed by atoms with E-state index in [4.69, 9.17) is 0 Å². The molecule has 1 N–H and O–H groups in total. The van der Waals surface area contributed by atoms with E-state index in [1.807, 2.05) is 4.90 Å². The SMILES string of the molecule is CS(=O)(=O)c1cccc(C(=O)NC2CCN(C(=O)C3CCCCC3)CC2)c1. The van der Waals surface area contributed by atoms with E-state index in [2.05, 4.69) is 5.32 Å². The second kappa shape index (κ2) is 8.42. The van der Waals surface area contributed by atoms with E-state index < -0.39 is 9.84 Å². The van der Waals surface area contributed by atoms with Gasteiger partial charge in [0.25, 0.3) is 5.91 Å². The van der Waals surface area contributed by atoms with Crippen LogP contribution in [0.5, 0.6) is 0 Å². The molecule has 0 aromatic heterocycles. The van der Waals surface area contributed by atoms with Crippen LogP contribution in [0.2, 0.25) is 0 Å². The van der Waals surface area contributed by atoms with Crippen molar-refractivity contribution in [2.24, 2.45) is 5.92 Å². The summed E-state index contributed by atoms with van der Waals surface area (Å²) < 4.78 is 23.3. The second-order valence-corrected chi connectivity index (χ2v) is 9.72. The second-order valence-electron chi connectivity index (χ2n) is 7.71. The van der Waals surface area contributed by atoms with Crippen molar-refractivity contribution < 1.29 is 18.0 Å². The minimum atomic E-state index is -3.34. The fourth-order valence-corrected chi connectivity index (χ4v) is 4.66. The molecule has 2 amide bonds. The third-order valence-electron chi connectivity index (χ3n) is 5.62. The fourth-order valence-electron chi connectivity index (χ4n) is 3.99. The number of benzene rings is 1. The summed E-state index contributed by atoms with van der Waals surface area (Å²) in [6.07, 6.45) is 8.14. The Morgan fingerprint density at radius 3 is 2.33 bits per heavy atom. The van der Waals surface area contributed by atoms with E-state index in [1.165, 1.54) is 18.6 Å². The summed E-state index contributed by atoms with van der Waals surface area (Å²) in [7, 11) is -3.34. The lowest BCUT2D eigenvalue weighted by Crippen LogP contribution is -2.48. The normalized spacial score (nSPS) is 19.7. The van der Waals surface area contributed by atoms with Gasteiger partial charge in [-0.05, 0) is 43.9 Å². The van der Waals surface area contributed by atoms with Crippen molar-refractivity contribution in [3.63, 3.8) is 0 Å². The molecular weight excluding hydrogens is 364 g/mol. The Balaban J connectivity index is 1.53. The van der Waals surface area contributed by atoms with Crippen LogP contribution in [0.15, 0.2) is 29.2 Å². The Morgan fingerprint density at radius 1 is 1.04 bits per heavy atom. The van der Waals surface area contributed by atoms with Gasteiger partial charge in [-0.1, -0.05) is 25.3 Å². The van der Waals surface area contributed by atoms with Crippen LogP contribution in [0.1, 0.15) is 55.3 Å². The summed E-state index contributed by atoms with van der Waals surface area (Å²) >= 11 is 0. The molecule has 1 saturated heterocycles. The summed E-state index contributed by atoms with van der Waals surface area (Å²) in [4.78, 5) is 27.2. The summed E-state index contributed by atoms with van der Waals surface area (Å²) in [5.74, 6) is 0.196. The molecule has 6 nitrogen and oxygen atoms in total. The third kappa shape index (κ3) is 5.09. The highest BCUT2D eigenvalue weighted by atomic mass is 32.2. The molecule has 27 heavy (non-hydrogen) atoms. The lowest BCUT2D eigenvalue weighted by molar-refractivity contribution is -0.137. The van der Waals surface area contributed by atoms with Crippen LogP contribution in [0, 0.1) is 5.92 Å². The summed E-state index contributed by atoms with van der Waals surface area (Å²) in [6, 6.07) is 6.10. The van der Waals surface area contributed by atoms with E-state index in [-0.39, 0.29) is 28.7 Å². The molecule has 2 fully saturated rings. The predicted molar refractivity (Wildman–Crippen MR) is 103 cm³/mol. The zero-order chi connectivity index (χ0) is 19.4. The molecule has 1 aromatic carbocycles. The quantitative estimate of drug-likeness (QED) is 0.853. The van der Waals surface area contributed by atoms with Crippen LogP contribution in [0.3, 0.4) is 0 Å². The van der Waals surface area contributed by atoms with Gasteiger partial charge < -0.3 is 10.2 Å². The number of amides is 2. The first kappa shape index (κ1) is 19.9. The van der Waals surface area contributed by atoms with Gasteiger partial charge in [0.15, 0.2) is 9.84 Å². The molecule has 0 atom stereocenters. The number of nitrogens with one attached hydrogen (secondary N) is 1. The molecule has 1 aliphatic heterocycles. The minimum absolute atomic E-state index is 0.00907. The zero-order valence-electron chi connectivity index (χ0n) is 15.8. The third-order valence-corrected chi connectivity index (χ3v) is 6.73. The zero-order valence-corrected chi connectivity index (χ0v) is 16.6. The summed E-state index contributed by atoms with van der Waals surface area (Å²) in [5, 5.41) is 2.98. The van der Waals surface area contributed by atoms with Crippen LogP contribution in [0.4, 0.5) is 0 Å². The highest BCUT2D eigenvalue weighted by Crippen LogP contribution is 2.26. The highest BCUT2D eigenvalue weighted by molar-refractivity contribution is 7.90. The van der Waals surface area contributed by atoms with Crippen molar-refractivity contribution in [3.8, 4) is 0 Å². The topological polar surface area (TPSA) is 83.6 Å². The molecule has 7 heteroatoms. The maximum atomic E-state index is 12.6.